The molecule has 0 saturated carbocycles. The van der Waals surface area contributed by atoms with Crippen LogP contribution in [-0.2, 0) is 6.54 Å². The molecule has 0 unspecified atom stereocenters. The number of aryl methyl sites for hydroxylation is 1. The van der Waals surface area contributed by atoms with Crippen molar-refractivity contribution >= 4 is 34.1 Å². The van der Waals surface area contributed by atoms with E-state index < -0.39 is 0 Å². The molecule has 0 atom stereocenters. The topological polar surface area (TPSA) is 117 Å². The molecule has 0 aliphatic rings. The number of anilines is 2. The molecule has 3 aromatic heterocycles. The molecule has 0 saturated heterocycles. The zero-order valence-electron chi connectivity index (χ0n) is 10.1. The number of fused-ring (bicyclic) bond motifs is 1. The lowest BCUT2D eigenvalue weighted by Gasteiger charge is -2.06. The first-order chi connectivity index (χ1) is 9.26. The van der Waals surface area contributed by atoms with Crippen LogP contribution < -0.4 is 16.6 Å². The van der Waals surface area contributed by atoms with Crippen LogP contribution in [0.4, 0.5) is 11.8 Å². The number of hydrogen-bond acceptors (Lipinski definition) is 8. The summed E-state index contributed by atoms with van der Waals surface area (Å²) < 4.78 is 0. The molecule has 0 radical (unpaired) electrons. The monoisotopic (exact) mass is 276 g/mol. The van der Waals surface area contributed by atoms with E-state index in [1.165, 1.54) is 0 Å². The van der Waals surface area contributed by atoms with Gasteiger partial charge in [-0.2, -0.15) is 15.1 Å². The Morgan fingerprint density at radius 2 is 2.26 bits per heavy atom. The third kappa shape index (κ3) is 2.33. The maximum atomic E-state index is 5.34. The Bertz CT molecular complexity index is 702. The minimum atomic E-state index is 0.333. The second kappa shape index (κ2) is 4.78. The van der Waals surface area contributed by atoms with Crippen molar-refractivity contribution in [3.8, 4) is 0 Å². The predicted octanol–water partition coefficient (Wildman–Crippen LogP) is 1.02. The van der Waals surface area contributed by atoms with Gasteiger partial charge in [-0.05, 0) is 6.92 Å². The highest BCUT2D eigenvalue weighted by Gasteiger charge is 2.09. The Morgan fingerprint density at radius 1 is 1.37 bits per heavy atom. The van der Waals surface area contributed by atoms with Gasteiger partial charge in [0, 0.05) is 11.1 Å². The van der Waals surface area contributed by atoms with E-state index in [9.17, 15) is 0 Å². The maximum absolute atomic E-state index is 5.34. The second-order valence-corrected chi connectivity index (χ2v) is 5.19. The van der Waals surface area contributed by atoms with Gasteiger partial charge >= 0.3 is 0 Å². The van der Waals surface area contributed by atoms with Crippen molar-refractivity contribution < 1.29 is 0 Å². The van der Waals surface area contributed by atoms with Crippen LogP contribution >= 0.6 is 11.3 Å². The first kappa shape index (κ1) is 11.8. The summed E-state index contributed by atoms with van der Waals surface area (Å²) in [5, 5.41) is 11.8. The number of nitrogen functional groups attached to an aromatic ring is 1. The summed E-state index contributed by atoms with van der Waals surface area (Å²) in [6.45, 7) is 2.62. The molecule has 3 aromatic rings. The van der Waals surface area contributed by atoms with E-state index in [1.807, 2.05) is 13.1 Å². The van der Waals surface area contributed by atoms with E-state index in [0.717, 1.165) is 15.3 Å². The Kier molecular flexibility index (Phi) is 2.97. The highest BCUT2D eigenvalue weighted by atomic mass is 32.1. The largest absolute Gasteiger partial charge is 0.364 e. The molecule has 0 aromatic carbocycles. The Labute approximate surface area is 112 Å². The van der Waals surface area contributed by atoms with Gasteiger partial charge in [0.05, 0.1) is 23.1 Å². The average Bonchev–Trinajstić information content (AvgIpc) is 3.04. The number of hydrazine groups is 1. The Hall–Kier alpha value is -2.26. The van der Waals surface area contributed by atoms with Crippen molar-refractivity contribution in [3.63, 3.8) is 0 Å². The fourth-order valence-corrected chi connectivity index (χ4v) is 2.43. The number of H-pyrrole nitrogens is 1. The first-order valence-electron chi connectivity index (χ1n) is 5.59. The predicted molar refractivity (Wildman–Crippen MR) is 73.7 cm³/mol. The van der Waals surface area contributed by atoms with Gasteiger partial charge in [-0.1, -0.05) is 0 Å². The van der Waals surface area contributed by atoms with E-state index in [2.05, 4.69) is 35.9 Å². The molecule has 9 heteroatoms. The van der Waals surface area contributed by atoms with Gasteiger partial charge in [0.15, 0.2) is 5.65 Å². The molecule has 8 nitrogen and oxygen atoms in total. The van der Waals surface area contributed by atoms with Gasteiger partial charge in [0.25, 0.3) is 0 Å². The van der Waals surface area contributed by atoms with Gasteiger partial charge in [0.1, 0.15) is 5.82 Å². The normalized spacial score (nSPS) is 10.8. The summed E-state index contributed by atoms with van der Waals surface area (Å²) >= 11 is 1.64. The molecule has 0 aliphatic heterocycles. The summed E-state index contributed by atoms with van der Waals surface area (Å²) in [4.78, 5) is 13.8. The van der Waals surface area contributed by atoms with Gasteiger partial charge in [-0.15, -0.1) is 11.3 Å². The third-order valence-electron chi connectivity index (χ3n) is 2.54. The SMILES string of the molecule is Cc1ncc(CNc2nc(NN)nc3[nH]ncc23)s1. The molecule has 0 amide bonds. The van der Waals surface area contributed by atoms with Crippen LogP contribution in [0.25, 0.3) is 11.0 Å². The van der Waals surface area contributed by atoms with Crippen molar-refractivity contribution in [2.75, 3.05) is 10.7 Å². The lowest BCUT2D eigenvalue weighted by Crippen LogP contribution is -2.12. The van der Waals surface area contributed by atoms with Crippen LogP contribution in [-0.4, -0.2) is 25.1 Å². The minimum Gasteiger partial charge on any atom is -0.364 e. The number of aromatic nitrogens is 5. The highest BCUT2D eigenvalue weighted by molar-refractivity contribution is 7.11. The number of hydrogen-bond donors (Lipinski definition) is 4. The fraction of sp³-hybridized carbons (Fsp3) is 0.200. The van der Waals surface area contributed by atoms with E-state index in [0.29, 0.717) is 24.0 Å². The number of nitrogens with two attached hydrogens (primary N) is 1. The summed E-state index contributed by atoms with van der Waals surface area (Å²) in [6, 6.07) is 0. The zero-order chi connectivity index (χ0) is 13.2. The fourth-order valence-electron chi connectivity index (χ4n) is 1.69. The van der Waals surface area contributed by atoms with Crippen molar-refractivity contribution in [2.24, 2.45) is 5.84 Å². The molecule has 19 heavy (non-hydrogen) atoms. The number of aromatic amines is 1. The molecular weight excluding hydrogens is 264 g/mol. The maximum Gasteiger partial charge on any atom is 0.241 e. The van der Waals surface area contributed by atoms with Crippen molar-refractivity contribution in [2.45, 2.75) is 13.5 Å². The second-order valence-electron chi connectivity index (χ2n) is 3.87. The molecule has 0 spiro atoms. The lowest BCUT2D eigenvalue weighted by atomic mass is 10.4. The number of nitrogens with one attached hydrogen (secondary N) is 3. The number of nitrogens with zero attached hydrogens (tertiary/aromatic N) is 4. The summed E-state index contributed by atoms with van der Waals surface area (Å²) in [7, 11) is 0. The van der Waals surface area contributed by atoms with Crippen LogP contribution in [0.1, 0.15) is 9.88 Å². The summed E-state index contributed by atoms with van der Waals surface area (Å²) in [5.41, 5.74) is 3.06. The van der Waals surface area contributed by atoms with Crippen LogP contribution in [0.5, 0.6) is 0 Å². The van der Waals surface area contributed by atoms with Crippen LogP contribution in [0.3, 0.4) is 0 Å². The average molecular weight is 276 g/mol. The van der Waals surface area contributed by atoms with Crippen LogP contribution in [0, 0.1) is 6.92 Å². The van der Waals surface area contributed by atoms with Crippen LogP contribution in [0.15, 0.2) is 12.4 Å². The Balaban J connectivity index is 1.88. The van der Waals surface area contributed by atoms with E-state index in [1.54, 1.807) is 17.5 Å². The zero-order valence-corrected chi connectivity index (χ0v) is 11.0. The summed E-state index contributed by atoms with van der Waals surface area (Å²) in [6.07, 6.45) is 3.53. The van der Waals surface area contributed by atoms with E-state index in [-0.39, 0.29) is 0 Å². The lowest BCUT2D eigenvalue weighted by molar-refractivity contribution is 1.07. The minimum absolute atomic E-state index is 0.333. The van der Waals surface area contributed by atoms with Crippen molar-refractivity contribution in [1.29, 1.82) is 0 Å². The first-order valence-corrected chi connectivity index (χ1v) is 6.41. The van der Waals surface area contributed by atoms with Gasteiger partial charge in [0.2, 0.25) is 5.95 Å². The number of thiazole rings is 1. The van der Waals surface area contributed by atoms with Gasteiger partial charge in [-0.25, -0.2) is 10.8 Å². The quantitative estimate of drug-likeness (QED) is 0.415. The van der Waals surface area contributed by atoms with E-state index >= 15 is 0 Å². The van der Waals surface area contributed by atoms with Gasteiger partial charge < -0.3 is 5.32 Å². The van der Waals surface area contributed by atoms with Crippen molar-refractivity contribution in [3.05, 3.63) is 22.3 Å². The molecule has 0 bridgehead atoms. The standard InChI is InChI=1S/C10H12N8S/c1-5-12-2-6(19-5)3-13-8-7-4-14-18-9(7)16-10(15-8)17-11/h2,4H,3,11H2,1H3,(H3,13,14,15,16,17,18). The summed E-state index contributed by atoms with van der Waals surface area (Å²) in [5.74, 6) is 6.36. The molecule has 3 rings (SSSR count). The highest BCUT2D eigenvalue weighted by Crippen LogP contribution is 2.21. The number of rotatable bonds is 4. The van der Waals surface area contributed by atoms with Crippen LogP contribution in [0.2, 0.25) is 0 Å². The Morgan fingerprint density at radius 3 is 3.00 bits per heavy atom. The molecule has 98 valence electrons. The molecular formula is C10H12N8S. The third-order valence-corrected chi connectivity index (χ3v) is 3.45. The van der Waals surface area contributed by atoms with Gasteiger partial charge in [-0.3, -0.25) is 10.5 Å². The molecule has 0 aliphatic carbocycles. The smallest absolute Gasteiger partial charge is 0.241 e. The molecule has 0 fully saturated rings. The molecule has 3 heterocycles. The molecule has 5 N–H and O–H groups in total. The van der Waals surface area contributed by atoms with E-state index in [4.69, 9.17) is 5.84 Å². The van der Waals surface area contributed by atoms with Crippen molar-refractivity contribution in [1.82, 2.24) is 25.1 Å².